The normalized spacial score (nSPS) is 9.71. The smallest absolute Gasteiger partial charge is 0.142 e. The molecule has 0 aliphatic carbocycles. The first kappa shape index (κ1) is 11.0. The Morgan fingerprint density at radius 2 is 1.86 bits per heavy atom. The van der Waals surface area contributed by atoms with Gasteiger partial charge in [-0.05, 0) is 18.6 Å². The Balaban J connectivity index is 3.11. The van der Waals surface area contributed by atoms with Gasteiger partial charge in [-0.15, -0.1) is 0 Å². The SMILES string of the molecule is COc1cc(NCS)c(OC)cc1C. The first-order chi connectivity index (χ1) is 6.72. The molecule has 0 aromatic heterocycles. The Bertz CT molecular complexity index is 315. The van der Waals surface area contributed by atoms with Crippen molar-refractivity contribution in [3.63, 3.8) is 0 Å². The third-order valence-corrected chi connectivity index (χ3v) is 2.14. The summed E-state index contributed by atoms with van der Waals surface area (Å²) < 4.78 is 10.4. The van der Waals surface area contributed by atoms with Crippen LogP contribution < -0.4 is 14.8 Å². The molecule has 0 saturated heterocycles. The van der Waals surface area contributed by atoms with Crippen LogP contribution in [0, 0.1) is 6.92 Å². The number of hydrogen-bond donors (Lipinski definition) is 2. The second kappa shape index (κ2) is 5.00. The van der Waals surface area contributed by atoms with E-state index in [0.29, 0.717) is 5.88 Å². The quantitative estimate of drug-likeness (QED) is 0.594. The third kappa shape index (κ3) is 2.26. The van der Waals surface area contributed by atoms with E-state index in [-0.39, 0.29) is 0 Å². The van der Waals surface area contributed by atoms with Crippen molar-refractivity contribution in [3.05, 3.63) is 17.7 Å². The van der Waals surface area contributed by atoms with Gasteiger partial charge >= 0.3 is 0 Å². The first-order valence-corrected chi connectivity index (χ1v) is 4.93. The van der Waals surface area contributed by atoms with Crippen LogP contribution in [0.1, 0.15) is 5.56 Å². The molecule has 4 heteroatoms. The summed E-state index contributed by atoms with van der Waals surface area (Å²) in [6.45, 7) is 1.98. The van der Waals surface area contributed by atoms with Crippen LogP contribution in [0.25, 0.3) is 0 Å². The molecule has 0 amide bonds. The van der Waals surface area contributed by atoms with Gasteiger partial charge in [0.05, 0.1) is 25.8 Å². The minimum absolute atomic E-state index is 0.558. The van der Waals surface area contributed by atoms with Gasteiger partial charge in [0.25, 0.3) is 0 Å². The van der Waals surface area contributed by atoms with E-state index >= 15 is 0 Å². The van der Waals surface area contributed by atoms with Crippen molar-refractivity contribution in [2.45, 2.75) is 6.92 Å². The molecule has 14 heavy (non-hydrogen) atoms. The largest absolute Gasteiger partial charge is 0.496 e. The highest BCUT2D eigenvalue weighted by Crippen LogP contribution is 2.32. The lowest BCUT2D eigenvalue weighted by Crippen LogP contribution is -1.99. The van der Waals surface area contributed by atoms with Gasteiger partial charge in [0.2, 0.25) is 0 Å². The third-order valence-electron chi connectivity index (χ3n) is 1.99. The summed E-state index contributed by atoms with van der Waals surface area (Å²) in [5.74, 6) is 2.20. The van der Waals surface area contributed by atoms with Crippen molar-refractivity contribution in [1.82, 2.24) is 0 Å². The summed E-state index contributed by atoms with van der Waals surface area (Å²) >= 11 is 4.10. The molecule has 0 fully saturated rings. The van der Waals surface area contributed by atoms with E-state index in [1.165, 1.54) is 0 Å². The van der Waals surface area contributed by atoms with Crippen LogP contribution in [0.15, 0.2) is 12.1 Å². The van der Waals surface area contributed by atoms with Gasteiger partial charge in [-0.2, -0.15) is 12.6 Å². The van der Waals surface area contributed by atoms with Gasteiger partial charge < -0.3 is 14.8 Å². The highest BCUT2D eigenvalue weighted by Gasteiger charge is 2.07. The van der Waals surface area contributed by atoms with Crippen molar-refractivity contribution in [2.24, 2.45) is 0 Å². The zero-order chi connectivity index (χ0) is 10.6. The molecule has 0 bridgehead atoms. The molecule has 1 aromatic rings. The van der Waals surface area contributed by atoms with Crippen molar-refractivity contribution in [3.8, 4) is 11.5 Å². The Kier molecular flexibility index (Phi) is 3.95. The van der Waals surface area contributed by atoms with Crippen LogP contribution in [0.4, 0.5) is 5.69 Å². The monoisotopic (exact) mass is 213 g/mol. The van der Waals surface area contributed by atoms with Crippen LogP contribution in [0.3, 0.4) is 0 Å². The number of hydrogen-bond acceptors (Lipinski definition) is 4. The minimum Gasteiger partial charge on any atom is -0.496 e. The Morgan fingerprint density at radius 3 is 2.36 bits per heavy atom. The first-order valence-electron chi connectivity index (χ1n) is 4.30. The lowest BCUT2D eigenvalue weighted by Gasteiger charge is -2.13. The van der Waals surface area contributed by atoms with Crippen LogP contribution in [-0.4, -0.2) is 20.1 Å². The summed E-state index contributed by atoms with van der Waals surface area (Å²) in [6, 6.07) is 3.84. The molecular weight excluding hydrogens is 198 g/mol. The summed E-state index contributed by atoms with van der Waals surface area (Å²) in [5, 5.41) is 3.09. The van der Waals surface area contributed by atoms with Crippen LogP contribution >= 0.6 is 12.6 Å². The molecule has 1 N–H and O–H groups in total. The minimum atomic E-state index is 0.558. The van der Waals surface area contributed by atoms with E-state index in [1.807, 2.05) is 19.1 Å². The van der Waals surface area contributed by atoms with E-state index in [2.05, 4.69) is 17.9 Å². The number of ether oxygens (including phenoxy) is 2. The van der Waals surface area contributed by atoms with Crippen LogP contribution in [0.2, 0.25) is 0 Å². The van der Waals surface area contributed by atoms with Crippen molar-refractivity contribution < 1.29 is 9.47 Å². The molecule has 0 heterocycles. The highest BCUT2D eigenvalue weighted by molar-refractivity contribution is 7.80. The maximum Gasteiger partial charge on any atom is 0.142 e. The average molecular weight is 213 g/mol. The van der Waals surface area contributed by atoms with E-state index < -0.39 is 0 Å². The van der Waals surface area contributed by atoms with E-state index in [4.69, 9.17) is 9.47 Å². The van der Waals surface area contributed by atoms with Crippen molar-refractivity contribution >= 4 is 18.3 Å². The fraction of sp³-hybridized carbons (Fsp3) is 0.400. The molecule has 0 atom stereocenters. The molecule has 0 aliphatic heterocycles. The summed E-state index contributed by atoms with van der Waals surface area (Å²) in [6.07, 6.45) is 0. The zero-order valence-electron chi connectivity index (χ0n) is 8.63. The number of anilines is 1. The number of thiol groups is 1. The van der Waals surface area contributed by atoms with Gasteiger partial charge in [0.15, 0.2) is 0 Å². The van der Waals surface area contributed by atoms with Gasteiger partial charge in [0.1, 0.15) is 11.5 Å². The Labute approximate surface area is 89.8 Å². The van der Waals surface area contributed by atoms with Gasteiger partial charge in [-0.25, -0.2) is 0 Å². The van der Waals surface area contributed by atoms with Crippen molar-refractivity contribution in [1.29, 1.82) is 0 Å². The number of aryl methyl sites for hydroxylation is 1. The van der Waals surface area contributed by atoms with E-state index in [9.17, 15) is 0 Å². The average Bonchev–Trinajstić information content (AvgIpc) is 2.20. The van der Waals surface area contributed by atoms with Gasteiger partial charge in [-0.3, -0.25) is 0 Å². The van der Waals surface area contributed by atoms with Crippen LogP contribution in [-0.2, 0) is 0 Å². The zero-order valence-corrected chi connectivity index (χ0v) is 9.52. The van der Waals surface area contributed by atoms with E-state index in [1.54, 1.807) is 14.2 Å². The summed E-state index contributed by atoms with van der Waals surface area (Å²) in [4.78, 5) is 0. The van der Waals surface area contributed by atoms with Crippen molar-refractivity contribution in [2.75, 3.05) is 25.4 Å². The highest BCUT2D eigenvalue weighted by atomic mass is 32.1. The molecule has 0 aliphatic rings. The lowest BCUT2D eigenvalue weighted by molar-refractivity contribution is 0.402. The molecule has 3 nitrogen and oxygen atoms in total. The molecule has 1 aromatic carbocycles. The fourth-order valence-corrected chi connectivity index (χ4v) is 1.44. The summed E-state index contributed by atoms with van der Waals surface area (Å²) in [7, 11) is 3.30. The molecule has 0 saturated carbocycles. The second-order valence-corrected chi connectivity index (χ2v) is 3.17. The van der Waals surface area contributed by atoms with E-state index in [0.717, 1.165) is 22.7 Å². The standard InChI is InChI=1S/C10H15NO2S/c1-7-4-10(13-3)8(11-6-14)5-9(7)12-2/h4-5,11,14H,6H2,1-3H3. The lowest BCUT2D eigenvalue weighted by atomic mass is 10.2. The predicted molar refractivity (Wildman–Crippen MR) is 61.8 cm³/mol. The molecule has 0 spiro atoms. The molecule has 0 unspecified atom stereocenters. The Hall–Kier alpha value is -1.03. The maximum absolute atomic E-state index is 5.23. The predicted octanol–water partition coefficient (Wildman–Crippen LogP) is 2.31. The molecule has 0 radical (unpaired) electrons. The summed E-state index contributed by atoms with van der Waals surface area (Å²) in [5.41, 5.74) is 1.94. The topological polar surface area (TPSA) is 30.5 Å². The fourth-order valence-electron chi connectivity index (χ4n) is 1.27. The number of methoxy groups -OCH3 is 2. The maximum atomic E-state index is 5.23. The van der Waals surface area contributed by atoms with Gasteiger partial charge in [-0.1, -0.05) is 0 Å². The van der Waals surface area contributed by atoms with Crippen LogP contribution in [0.5, 0.6) is 11.5 Å². The molecular formula is C10H15NO2S. The molecule has 1 rings (SSSR count). The second-order valence-electron chi connectivity index (χ2n) is 2.86. The Morgan fingerprint density at radius 1 is 1.21 bits per heavy atom. The van der Waals surface area contributed by atoms with Gasteiger partial charge in [0, 0.05) is 6.07 Å². The number of nitrogens with one attached hydrogen (secondary N) is 1. The number of benzene rings is 1. The number of rotatable bonds is 4. The molecule has 78 valence electrons.